The molecule has 0 saturated carbocycles. The SMILES string of the molecule is CCc1cc(OCCCBr)c2ccccc2c1OC(C)C. The molecule has 21 heavy (non-hydrogen) atoms. The predicted molar refractivity (Wildman–Crippen MR) is 93.0 cm³/mol. The van der Waals surface area contributed by atoms with Gasteiger partial charge in [0.1, 0.15) is 11.5 Å². The summed E-state index contributed by atoms with van der Waals surface area (Å²) in [6.45, 7) is 7.01. The Bertz CT molecular complexity index is 593. The number of aryl methyl sites for hydroxylation is 1. The van der Waals surface area contributed by atoms with E-state index in [1.807, 2.05) is 6.07 Å². The maximum absolute atomic E-state index is 6.07. The lowest BCUT2D eigenvalue weighted by molar-refractivity contribution is 0.242. The van der Waals surface area contributed by atoms with Crippen molar-refractivity contribution in [1.29, 1.82) is 0 Å². The van der Waals surface area contributed by atoms with E-state index in [-0.39, 0.29) is 6.10 Å². The van der Waals surface area contributed by atoms with Gasteiger partial charge >= 0.3 is 0 Å². The standard InChI is InChI=1S/C18H23BrO2/c1-4-14-12-17(20-11-7-10-19)15-8-5-6-9-16(15)18(14)21-13(2)3/h5-6,8-9,12-13H,4,7,10-11H2,1-3H3. The Morgan fingerprint density at radius 3 is 2.48 bits per heavy atom. The van der Waals surface area contributed by atoms with Gasteiger partial charge in [0.25, 0.3) is 0 Å². The summed E-state index contributed by atoms with van der Waals surface area (Å²) < 4.78 is 12.0. The van der Waals surface area contributed by atoms with E-state index in [1.54, 1.807) is 0 Å². The van der Waals surface area contributed by atoms with E-state index in [4.69, 9.17) is 9.47 Å². The Balaban J connectivity index is 2.50. The minimum absolute atomic E-state index is 0.166. The van der Waals surface area contributed by atoms with Crippen molar-refractivity contribution in [2.45, 2.75) is 39.7 Å². The first kappa shape index (κ1) is 16.2. The van der Waals surface area contributed by atoms with Crippen molar-refractivity contribution in [1.82, 2.24) is 0 Å². The molecule has 0 aliphatic carbocycles. The van der Waals surface area contributed by atoms with E-state index in [2.05, 4.69) is 61.0 Å². The molecule has 2 aromatic carbocycles. The second kappa shape index (κ2) is 7.69. The van der Waals surface area contributed by atoms with Gasteiger partial charge < -0.3 is 9.47 Å². The fraction of sp³-hybridized carbons (Fsp3) is 0.444. The van der Waals surface area contributed by atoms with Gasteiger partial charge in [0.15, 0.2) is 0 Å². The Hall–Kier alpha value is -1.22. The summed E-state index contributed by atoms with van der Waals surface area (Å²) in [5, 5.41) is 3.22. The van der Waals surface area contributed by atoms with Gasteiger partial charge in [-0.15, -0.1) is 0 Å². The zero-order valence-corrected chi connectivity index (χ0v) is 14.6. The molecule has 114 valence electrons. The van der Waals surface area contributed by atoms with Crippen LogP contribution in [0.2, 0.25) is 0 Å². The second-order valence-electron chi connectivity index (χ2n) is 5.32. The lowest BCUT2D eigenvalue weighted by atomic mass is 10.0. The number of ether oxygens (including phenoxy) is 2. The van der Waals surface area contributed by atoms with Crippen LogP contribution in [0, 0.1) is 0 Å². The van der Waals surface area contributed by atoms with Crippen molar-refractivity contribution in [2.24, 2.45) is 0 Å². The highest BCUT2D eigenvalue weighted by molar-refractivity contribution is 9.09. The molecule has 2 nitrogen and oxygen atoms in total. The van der Waals surface area contributed by atoms with E-state index >= 15 is 0 Å². The highest BCUT2D eigenvalue weighted by Crippen LogP contribution is 2.37. The molecular weight excluding hydrogens is 328 g/mol. The number of hydrogen-bond donors (Lipinski definition) is 0. The van der Waals surface area contributed by atoms with Crippen LogP contribution in [0.4, 0.5) is 0 Å². The average Bonchev–Trinajstić information content (AvgIpc) is 2.49. The maximum Gasteiger partial charge on any atom is 0.130 e. The third kappa shape index (κ3) is 3.91. The Morgan fingerprint density at radius 2 is 1.86 bits per heavy atom. The summed E-state index contributed by atoms with van der Waals surface area (Å²) in [4.78, 5) is 0. The first-order chi connectivity index (χ1) is 10.2. The molecule has 0 atom stereocenters. The van der Waals surface area contributed by atoms with E-state index in [1.165, 1.54) is 5.56 Å². The molecule has 0 spiro atoms. The van der Waals surface area contributed by atoms with Crippen LogP contribution in [0.25, 0.3) is 10.8 Å². The highest BCUT2D eigenvalue weighted by Gasteiger charge is 2.14. The van der Waals surface area contributed by atoms with Gasteiger partial charge in [0.2, 0.25) is 0 Å². The number of benzene rings is 2. The molecule has 0 N–H and O–H groups in total. The summed E-state index contributed by atoms with van der Waals surface area (Å²) in [6, 6.07) is 10.4. The van der Waals surface area contributed by atoms with Crippen LogP contribution >= 0.6 is 15.9 Å². The lowest BCUT2D eigenvalue weighted by Crippen LogP contribution is -2.08. The van der Waals surface area contributed by atoms with Crippen molar-refractivity contribution >= 4 is 26.7 Å². The Kier molecular flexibility index (Phi) is 5.92. The van der Waals surface area contributed by atoms with E-state index in [0.29, 0.717) is 0 Å². The number of halogens is 1. The van der Waals surface area contributed by atoms with Crippen molar-refractivity contribution in [3.8, 4) is 11.5 Å². The van der Waals surface area contributed by atoms with Crippen LogP contribution in [-0.2, 0) is 6.42 Å². The molecule has 0 aliphatic rings. The average molecular weight is 351 g/mol. The zero-order valence-electron chi connectivity index (χ0n) is 13.0. The lowest BCUT2D eigenvalue weighted by Gasteiger charge is -2.19. The molecule has 0 aliphatic heterocycles. The van der Waals surface area contributed by atoms with Gasteiger partial charge in [-0.3, -0.25) is 0 Å². The first-order valence-corrected chi connectivity index (χ1v) is 8.69. The van der Waals surface area contributed by atoms with Crippen LogP contribution in [-0.4, -0.2) is 18.0 Å². The van der Waals surface area contributed by atoms with Crippen molar-refractivity contribution in [3.63, 3.8) is 0 Å². The molecule has 0 heterocycles. The van der Waals surface area contributed by atoms with Crippen LogP contribution in [0.3, 0.4) is 0 Å². The number of fused-ring (bicyclic) bond motifs is 1. The van der Waals surface area contributed by atoms with Gasteiger partial charge in [0.05, 0.1) is 12.7 Å². The number of rotatable bonds is 7. The van der Waals surface area contributed by atoms with E-state index in [9.17, 15) is 0 Å². The third-order valence-electron chi connectivity index (χ3n) is 3.30. The van der Waals surface area contributed by atoms with E-state index < -0.39 is 0 Å². The topological polar surface area (TPSA) is 18.5 Å². The Labute approximate surface area is 135 Å². The largest absolute Gasteiger partial charge is 0.493 e. The summed E-state index contributed by atoms with van der Waals surface area (Å²) in [7, 11) is 0. The summed E-state index contributed by atoms with van der Waals surface area (Å²) in [5.74, 6) is 1.95. The third-order valence-corrected chi connectivity index (χ3v) is 3.86. The summed E-state index contributed by atoms with van der Waals surface area (Å²) in [6.07, 6.45) is 2.10. The normalized spacial score (nSPS) is 11.1. The zero-order chi connectivity index (χ0) is 15.2. The molecule has 0 unspecified atom stereocenters. The molecule has 2 aromatic rings. The number of alkyl halides is 1. The van der Waals surface area contributed by atoms with Crippen molar-refractivity contribution < 1.29 is 9.47 Å². The van der Waals surface area contributed by atoms with Crippen LogP contribution in [0.1, 0.15) is 32.8 Å². The predicted octanol–water partition coefficient (Wildman–Crippen LogP) is 5.35. The van der Waals surface area contributed by atoms with Gasteiger partial charge in [-0.25, -0.2) is 0 Å². The van der Waals surface area contributed by atoms with Gasteiger partial charge in [-0.2, -0.15) is 0 Å². The highest BCUT2D eigenvalue weighted by atomic mass is 79.9. The van der Waals surface area contributed by atoms with Gasteiger partial charge in [0, 0.05) is 16.1 Å². The fourth-order valence-corrected chi connectivity index (χ4v) is 2.59. The molecule has 0 radical (unpaired) electrons. The van der Waals surface area contributed by atoms with Gasteiger partial charge in [-0.1, -0.05) is 47.1 Å². The van der Waals surface area contributed by atoms with Crippen LogP contribution in [0.15, 0.2) is 30.3 Å². The van der Waals surface area contributed by atoms with Crippen molar-refractivity contribution in [3.05, 3.63) is 35.9 Å². The molecule has 3 heteroatoms. The molecule has 0 amide bonds. The fourth-order valence-electron chi connectivity index (χ4n) is 2.36. The second-order valence-corrected chi connectivity index (χ2v) is 6.11. The van der Waals surface area contributed by atoms with Crippen molar-refractivity contribution in [2.75, 3.05) is 11.9 Å². The molecular formula is C18H23BrO2. The molecule has 2 rings (SSSR count). The van der Waals surface area contributed by atoms with Crippen LogP contribution < -0.4 is 9.47 Å². The molecule has 0 fully saturated rings. The Morgan fingerprint density at radius 1 is 1.14 bits per heavy atom. The quantitative estimate of drug-likeness (QED) is 0.494. The smallest absolute Gasteiger partial charge is 0.130 e. The molecule has 0 saturated heterocycles. The minimum atomic E-state index is 0.166. The molecule has 0 bridgehead atoms. The minimum Gasteiger partial charge on any atom is -0.493 e. The first-order valence-electron chi connectivity index (χ1n) is 7.57. The van der Waals surface area contributed by atoms with Gasteiger partial charge in [-0.05, 0) is 38.3 Å². The monoisotopic (exact) mass is 350 g/mol. The summed E-state index contributed by atoms with van der Waals surface area (Å²) in [5.41, 5.74) is 1.20. The number of hydrogen-bond acceptors (Lipinski definition) is 2. The molecule has 0 aromatic heterocycles. The van der Waals surface area contributed by atoms with E-state index in [0.717, 1.165) is 47.1 Å². The summed E-state index contributed by atoms with van der Waals surface area (Å²) >= 11 is 3.44. The maximum atomic E-state index is 6.07. The van der Waals surface area contributed by atoms with Crippen LogP contribution in [0.5, 0.6) is 11.5 Å².